The Bertz CT molecular complexity index is 580. The molecule has 0 saturated carbocycles. The molecule has 1 saturated heterocycles. The maximum Gasteiger partial charge on any atom is 0.241 e. The van der Waals surface area contributed by atoms with E-state index in [-0.39, 0.29) is 17.7 Å². The van der Waals surface area contributed by atoms with Crippen LogP contribution in [-0.4, -0.2) is 60.9 Å². The van der Waals surface area contributed by atoms with E-state index < -0.39 is 6.04 Å². The summed E-state index contributed by atoms with van der Waals surface area (Å²) in [6, 6.07) is 6.88. The largest absolute Gasteiger partial charge is 0.340 e. The van der Waals surface area contributed by atoms with Gasteiger partial charge < -0.3 is 20.9 Å². The fraction of sp³-hybridized carbons (Fsp3) is 0.556. The standard InChI is InChI=1S/C18H28N4O2/c1-13(2)17(19)18(24)20-15-6-4-5-14(11-15)12-16(23)22-9-7-21(3)8-10-22/h4-6,11,13,17H,7-10,12,19H2,1-3H3,(H,20,24)/t17-/m0/s1. The summed E-state index contributed by atoms with van der Waals surface area (Å²) in [5, 5.41) is 2.83. The van der Waals surface area contributed by atoms with Crippen molar-refractivity contribution in [2.24, 2.45) is 11.7 Å². The van der Waals surface area contributed by atoms with Gasteiger partial charge in [0, 0.05) is 31.9 Å². The van der Waals surface area contributed by atoms with Gasteiger partial charge in [-0.25, -0.2) is 0 Å². The predicted octanol–water partition coefficient (Wildman–Crippen LogP) is 0.925. The Kier molecular flexibility index (Phi) is 6.34. The molecule has 1 aromatic rings. The van der Waals surface area contributed by atoms with E-state index in [0.29, 0.717) is 12.1 Å². The molecule has 1 aliphatic heterocycles. The van der Waals surface area contributed by atoms with Gasteiger partial charge in [0.15, 0.2) is 0 Å². The highest BCUT2D eigenvalue weighted by Gasteiger charge is 2.20. The first-order chi connectivity index (χ1) is 11.4. The number of rotatable bonds is 5. The molecular weight excluding hydrogens is 304 g/mol. The molecule has 132 valence electrons. The molecule has 1 fully saturated rings. The minimum Gasteiger partial charge on any atom is -0.340 e. The van der Waals surface area contributed by atoms with Gasteiger partial charge in [0.2, 0.25) is 11.8 Å². The molecule has 1 atom stereocenters. The number of hydrogen-bond donors (Lipinski definition) is 2. The van der Waals surface area contributed by atoms with Crippen molar-refractivity contribution in [3.63, 3.8) is 0 Å². The van der Waals surface area contributed by atoms with Crippen molar-refractivity contribution in [2.45, 2.75) is 26.3 Å². The van der Waals surface area contributed by atoms with Gasteiger partial charge in [0.05, 0.1) is 12.5 Å². The first-order valence-electron chi connectivity index (χ1n) is 8.48. The minimum atomic E-state index is -0.541. The fourth-order valence-electron chi connectivity index (χ4n) is 2.63. The van der Waals surface area contributed by atoms with Crippen LogP contribution in [0.15, 0.2) is 24.3 Å². The molecule has 6 nitrogen and oxygen atoms in total. The molecule has 6 heteroatoms. The van der Waals surface area contributed by atoms with E-state index in [2.05, 4.69) is 17.3 Å². The Morgan fingerprint density at radius 3 is 2.50 bits per heavy atom. The van der Waals surface area contributed by atoms with E-state index in [9.17, 15) is 9.59 Å². The maximum atomic E-state index is 12.4. The summed E-state index contributed by atoms with van der Waals surface area (Å²) < 4.78 is 0. The molecule has 0 bridgehead atoms. The number of likely N-dealkylation sites (N-methyl/N-ethyl adjacent to an activating group) is 1. The Balaban J connectivity index is 1.95. The highest BCUT2D eigenvalue weighted by molar-refractivity contribution is 5.95. The summed E-state index contributed by atoms with van der Waals surface area (Å²) in [6.45, 7) is 7.19. The van der Waals surface area contributed by atoms with E-state index in [1.165, 1.54) is 0 Å². The summed E-state index contributed by atoms with van der Waals surface area (Å²) in [7, 11) is 2.07. The lowest BCUT2D eigenvalue weighted by Gasteiger charge is -2.32. The zero-order chi connectivity index (χ0) is 17.7. The highest BCUT2D eigenvalue weighted by Crippen LogP contribution is 2.14. The summed E-state index contributed by atoms with van der Waals surface area (Å²) in [5.74, 6) is 0.00463. The second-order valence-corrected chi connectivity index (χ2v) is 6.82. The van der Waals surface area contributed by atoms with Crippen LogP contribution in [0, 0.1) is 5.92 Å². The van der Waals surface area contributed by atoms with Gasteiger partial charge in [0.1, 0.15) is 0 Å². The van der Waals surface area contributed by atoms with Crippen LogP contribution in [0.1, 0.15) is 19.4 Å². The van der Waals surface area contributed by atoms with Crippen molar-refractivity contribution in [3.05, 3.63) is 29.8 Å². The van der Waals surface area contributed by atoms with Gasteiger partial charge in [0.25, 0.3) is 0 Å². The number of benzene rings is 1. The number of amides is 2. The number of carbonyl (C=O) groups excluding carboxylic acids is 2. The number of hydrogen-bond acceptors (Lipinski definition) is 4. The number of anilines is 1. The van der Waals surface area contributed by atoms with Crippen LogP contribution in [0.25, 0.3) is 0 Å². The van der Waals surface area contributed by atoms with Crippen molar-refractivity contribution in [3.8, 4) is 0 Å². The van der Waals surface area contributed by atoms with Crippen LogP contribution in [0.5, 0.6) is 0 Å². The quantitative estimate of drug-likeness (QED) is 0.841. The van der Waals surface area contributed by atoms with Crippen molar-refractivity contribution < 1.29 is 9.59 Å². The second-order valence-electron chi connectivity index (χ2n) is 6.82. The predicted molar refractivity (Wildman–Crippen MR) is 95.7 cm³/mol. The van der Waals surface area contributed by atoms with Crippen LogP contribution < -0.4 is 11.1 Å². The third kappa shape index (κ3) is 5.04. The van der Waals surface area contributed by atoms with Crippen LogP contribution in [0.3, 0.4) is 0 Å². The molecule has 2 amide bonds. The van der Waals surface area contributed by atoms with Crippen LogP contribution in [-0.2, 0) is 16.0 Å². The van der Waals surface area contributed by atoms with E-state index >= 15 is 0 Å². The van der Waals surface area contributed by atoms with E-state index in [4.69, 9.17) is 5.73 Å². The Morgan fingerprint density at radius 2 is 1.88 bits per heavy atom. The molecule has 1 aromatic carbocycles. The molecule has 24 heavy (non-hydrogen) atoms. The molecule has 2 rings (SSSR count). The first-order valence-corrected chi connectivity index (χ1v) is 8.48. The summed E-state index contributed by atoms with van der Waals surface area (Å²) >= 11 is 0. The molecule has 0 radical (unpaired) electrons. The van der Waals surface area contributed by atoms with Gasteiger partial charge in [-0.1, -0.05) is 26.0 Å². The highest BCUT2D eigenvalue weighted by atomic mass is 16.2. The average Bonchev–Trinajstić information content (AvgIpc) is 2.54. The smallest absolute Gasteiger partial charge is 0.241 e. The third-order valence-electron chi connectivity index (χ3n) is 4.43. The summed E-state index contributed by atoms with van der Waals surface area (Å²) in [5.41, 5.74) is 7.44. The van der Waals surface area contributed by atoms with Crippen molar-refractivity contribution in [1.29, 1.82) is 0 Å². The van der Waals surface area contributed by atoms with Gasteiger partial charge in [-0.3, -0.25) is 9.59 Å². The second kappa shape index (κ2) is 8.26. The topological polar surface area (TPSA) is 78.7 Å². The van der Waals surface area contributed by atoms with Crippen LogP contribution >= 0.6 is 0 Å². The third-order valence-corrected chi connectivity index (χ3v) is 4.43. The minimum absolute atomic E-state index is 0.0759. The molecule has 3 N–H and O–H groups in total. The Hall–Kier alpha value is -1.92. The number of piperazine rings is 1. The normalized spacial score (nSPS) is 17.0. The number of nitrogens with two attached hydrogens (primary N) is 1. The van der Waals surface area contributed by atoms with Crippen LogP contribution in [0.4, 0.5) is 5.69 Å². The van der Waals surface area contributed by atoms with Crippen molar-refractivity contribution >= 4 is 17.5 Å². The molecule has 0 aliphatic carbocycles. The van der Waals surface area contributed by atoms with E-state index in [1.54, 1.807) is 0 Å². The van der Waals surface area contributed by atoms with E-state index in [1.807, 2.05) is 43.0 Å². The Labute approximate surface area is 144 Å². The average molecular weight is 332 g/mol. The Morgan fingerprint density at radius 1 is 1.21 bits per heavy atom. The lowest BCUT2D eigenvalue weighted by Crippen LogP contribution is -2.47. The maximum absolute atomic E-state index is 12.4. The molecule has 0 unspecified atom stereocenters. The lowest BCUT2D eigenvalue weighted by atomic mass is 10.0. The zero-order valence-electron chi connectivity index (χ0n) is 14.8. The van der Waals surface area contributed by atoms with Crippen LogP contribution in [0.2, 0.25) is 0 Å². The molecule has 1 aliphatic rings. The van der Waals surface area contributed by atoms with Crippen molar-refractivity contribution in [1.82, 2.24) is 9.80 Å². The number of nitrogens with one attached hydrogen (secondary N) is 1. The molecule has 0 spiro atoms. The van der Waals surface area contributed by atoms with E-state index in [0.717, 1.165) is 31.7 Å². The summed E-state index contributed by atoms with van der Waals surface area (Å²) in [6.07, 6.45) is 0.351. The zero-order valence-corrected chi connectivity index (χ0v) is 14.8. The lowest BCUT2D eigenvalue weighted by molar-refractivity contribution is -0.132. The first kappa shape index (κ1) is 18.4. The fourth-order valence-corrected chi connectivity index (χ4v) is 2.63. The number of carbonyl (C=O) groups is 2. The summed E-state index contributed by atoms with van der Waals surface area (Å²) in [4.78, 5) is 28.6. The molecule has 1 heterocycles. The van der Waals surface area contributed by atoms with Gasteiger partial charge >= 0.3 is 0 Å². The SMILES string of the molecule is CC(C)[C@H](N)C(=O)Nc1cccc(CC(=O)N2CCN(C)CC2)c1. The number of nitrogens with zero attached hydrogens (tertiary/aromatic N) is 2. The van der Waals surface area contributed by atoms with Gasteiger partial charge in [-0.05, 0) is 30.7 Å². The monoisotopic (exact) mass is 332 g/mol. The van der Waals surface area contributed by atoms with Crippen molar-refractivity contribution in [2.75, 3.05) is 38.5 Å². The van der Waals surface area contributed by atoms with Gasteiger partial charge in [-0.15, -0.1) is 0 Å². The van der Waals surface area contributed by atoms with Gasteiger partial charge in [-0.2, -0.15) is 0 Å². The molecule has 0 aromatic heterocycles. The molecular formula is C18H28N4O2.